The zero-order chi connectivity index (χ0) is 33.5. The summed E-state index contributed by atoms with van der Waals surface area (Å²) in [7, 11) is -2.86. The summed E-state index contributed by atoms with van der Waals surface area (Å²) in [5.74, 6) is -1.07. The molecule has 0 unspecified atom stereocenters. The van der Waals surface area contributed by atoms with Crippen LogP contribution in [0.3, 0.4) is 0 Å². The Morgan fingerprint density at radius 3 is 2.09 bits per heavy atom. The van der Waals surface area contributed by atoms with Crippen molar-refractivity contribution in [2.75, 3.05) is 18.0 Å². The Morgan fingerprint density at radius 2 is 1.50 bits per heavy atom. The molecule has 2 amide bonds. The molecule has 0 aliphatic rings. The summed E-state index contributed by atoms with van der Waals surface area (Å²) in [5.41, 5.74) is 2.08. The first-order valence-corrected chi connectivity index (χ1v) is 16.3. The van der Waals surface area contributed by atoms with Gasteiger partial charge in [-0.25, -0.2) is 12.8 Å². The molecular formula is C36H40FN3O5S. The average Bonchev–Trinajstić information content (AvgIpc) is 3.01. The standard InChI is InChI=1S/C36H40FN3O5S/c1-26-10-9-13-28(22-26)24-39(33(35(42)38-36(2,3)4)23-27-11-7-6-8-12-27)34(41)25-40(30-16-14-29(37)15-17-30)46(43,44)32-20-18-31(45-5)19-21-32/h6-22,33H,23-25H2,1-5H3,(H,38,42)/t33-/m0/s1. The third kappa shape index (κ3) is 8.94. The number of anilines is 1. The van der Waals surface area contributed by atoms with Crippen LogP contribution in [0.5, 0.6) is 5.75 Å². The molecule has 0 saturated carbocycles. The SMILES string of the molecule is COc1ccc(S(=O)(=O)N(CC(=O)N(Cc2cccc(C)c2)[C@@H](Cc2ccccc2)C(=O)NC(C)(C)C)c2ccc(F)cc2)cc1. The van der Waals surface area contributed by atoms with Crippen LogP contribution in [0.25, 0.3) is 0 Å². The zero-order valence-corrected chi connectivity index (χ0v) is 27.6. The summed E-state index contributed by atoms with van der Waals surface area (Å²) in [4.78, 5) is 29.8. The van der Waals surface area contributed by atoms with Crippen molar-refractivity contribution in [1.82, 2.24) is 10.2 Å². The van der Waals surface area contributed by atoms with Crippen LogP contribution in [-0.2, 0) is 32.6 Å². The summed E-state index contributed by atoms with van der Waals surface area (Å²) < 4.78 is 48.3. The molecule has 0 aliphatic heterocycles. The van der Waals surface area contributed by atoms with Gasteiger partial charge >= 0.3 is 0 Å². The fraction of sp³-hybridized carbons (Fsp3) is 0.278. The molecule has 242 valence electrons. The fourth-order valence-corrected chi connectivity index (χ4v) is 6.44. The van der Waals surface area contributed by atoms with Gasteiger partial charge in [0.1, 0.15) is 24.2 Å². The second kappa shape index (κ2) is 14.6. The predicted molar refractivity (Wildman–Crippen MR) is 177 cm³/mol. The van der Waals surface area contributed by atoms with E-state index in [2.05, 4.69) is 5.32 Å². The van der Waals surface area contributed by atoms with Crippen LogP contribution < -0.4 is 14.4 Å². The first kappa shape index (κ1) is 34.2. The Hall–Kier alpha value is -4.70. The van der Waals surface area contributed by atoms with Gasteiger partial charge in [-0.05, 0) is 87.4 Å². The maximum atomic E-state index is 14.5. The molecular weight excluding hydrogens is 605 g/mol. The highest BCUT2D eigenvalue weighted by molar-refractivity contribution is 7.92. The highest BCUT2D eigenvalue weighted by Crippen LogP contribution is 2.27. The topological polar surface area (TPSA) is 96.0 Å². The van der Waals surface area contributed by atoms with Gasteiger partial charge in [0.05, 0.1) is 17.7 Å². The Balaban J connectivity index is 1.81. The number of benzene rings is 4. The van der Waals surface area contributed by atoms with Gasteiger partial charge in [0.25, 0.3) is 10.0 Å². The number of aryl methyl sites for hydroxylation is 1. The Kier molecular flexibility index (Phi) is 10.8. The van der Waals surface area contributed by atoms with Crippen molar-refractivity contribution in [2.45, 2.75) is 57.1 Å². The van der Waals surface area contributed by atoms with Gasteiger partial charge < -0.3 is 15.0 Å². The Labute approximate surface area is 270 Å². The van der Waals surface area contributed by atoms with Crippen LogP contribution in [0.15, 0.2) is 108 Å². The summed E-state index contributed by atoms with van der Waals surface area (Å²) in [5, 5.41) is 3.01. The number of methoxy groups -OCH3 is 1. The van der Waals surface area contributed by atoms with Crippen LogP contribution in [0.1, 0.15) is 37.5 Å². The molecule has 0 fully saturated rings. The minimum atomic E-state index is -4.33. The second-order valence-corrected chi connectivity index (χ2v) is 14.0. The van der Waals surface area contributed by atoms with E-state index < -0.39 is 39.9 Å². The molecule has 8 nitrogen and oxygen atoms in total. The Bertz CT molecular complexity index is 1740. The number of hydrogen-bond donors (Lipinski definition) is 1. The molecule has 0 aromatic heterocycles. The molecule has 4 aromatic rings. The van der Waals surface area contributed by atoms with Gasteiger partial charge in [-0.15, -0.1) is 0 Å². The van der Waals surface area contributed by atoms with Crippen LogP contribution in [0.2, 0.25) is 0 Å². The fourth-order valence-electron chi connectivity index (χ4n) is 5.03. The van der Waals surface area contributed by atoms with Crippen LogP contribution in [0.4, 0.5) is 10.1 Å². The second-order valence-electron chi connectivity index (χ2n) is 12.1. The van der Waals surface area contributed by atoms with Crippen LogP contribution in [-0.4, -0.2) is 50.4 Å². The van der Waals surface area contributed by atoms with Crippen molar-refractivity contribution >= 4 is 27.5 Å². The third-order valence-corrected chi connectivity index (χ3v) is 9.03. The molecule has 0 spiro atoms. The van der Waals surface area contributed by atoms with E-state index in [0.29, 0.717) is 5.75 Å². The first-order chi connectivity index (χ1) is 21.8. The lowest BCUT2D eigenvalue weighted by Gasteiger charge is -2.35. The summed E-state index contributed by atoms with van der Waals surface area (Å²) >= 11 is 0. The lowest BCUT2D eigenvalue weighted by Crippen LogP contribution is -2.56. The van der Waals surface area contributed by atoms with E-state index in [9.17, 15) is 22.4 Å². The van der Waals surface area contributed by atoms with E-state index in [1.54, 1.807) is 0 Å². The average molecular weight is 646 g/mol. The minimum absolute atomic E-state index is 0.0510. The van der Waals surface area contributed by atoms with Crippen molar-refractivity contribution < 1.29 is 27.1 Å². The largest absolute Gasteiger partial charge is 0.497 e. The minimum Gasteiger partial charge on any atom is -0.497 e. The van der Waals surface area contributed by atoms with Gasteiger partial charge in [0.15, 0.2) is 0 Å². The number of sulfonamides is 1. The molecule has 0 heterocycles. The summed E-state index contributed by atoms with van der Waals surface area (Å²) in [6.45, 7) is 6.91. The van der Waals surface area contributed by atoms with E-state index >= 15 is 0 Å². The lowest BCUT2D eigenvalue weighted by molar-refractivity contribution is -0.140. The molecule has 1 N–H and O–H groups in total. The van der Waals surface area contributed by atoms with E-state index in [0.717, 1.165) is 33.1 Å². The number of ether oxygens (including phenoxy) is 1. The quantitative estimate of drug-likeness (QED) is 0.207. The van der Waals surface area contributed by atoms with Gasteiger partial charge in [-0.1, -0.05) is 60.2 Å². The number of amides is 2. The van der Waals surface area contributed by atoms with Crippen LogP contribution >= 0.6 is 0 Å². The molecule has 4 rings (SSSR count). The van der Waals surface area contributed by atoms with Gasteiger partial charge in [-0.3, -0.25) is 13.9 Å². The number of halogens is 1. The first-order valence-electron chi connectivity index (χ1n) is 14.9. The third-order valence-electron chi connectivity index (χ3n) is 7.25. The summed E-state index contributed by atoms with van der Waals surface area (Å²) in [6.07, 6.45) is 0.197. The molecule has 4 aromatic carbocycles. The number of carbonyl (C=O) groups excluding carboxylic acids is 2. The highest BCUT2D eigenvalue weighted by Gasteiger charge is 2.35. The van der Waals surface area contributed by atoms with Crippen molar-refractivity contribution in [2.24, 2.45) is 0 Å². The normalized spacial score (nSPS) is 12.2. The smallest absolute Gasteiger partial charge is 0.264 e. The van der Waals surface area contributed by atoms with Crippen molar-refractivity contribution in [1.29, 1.82) is 0 Å². The number of hydrogen-bond acceptors (Lipinski definition) is 5. The van der Waals surface area contributed by atoms with Crippen molar-refractivity contribution in [3.8, 4) is 5.75 Å². The zero-order valence-electron chi connectivity index (χ0n) is 26.7. The van der Waals surface area contributed by atoms with Gasteiger partial charge in [0.2, 0.25) is 11.8 Å². The number of nitrogens with zero attached hydrogens (tertiary/aromatic N) is 2. The summed E-state index contributed by atoms with van der Waals surface area (Å²) in [6, 6.07) is 26.6. The van der Waals surface area contributed by atoms with E-state index in [4.69, 9.17) is 4.74 Å². The molecule has 0 bridgehead atoms. The molecule has 0 aliphatic carbocycles. The van der Waals surface area contributed by atoms with Crippen molar-refractivity contribution in [3.63, 3.8) is 0 Å². The molecule has 0 radical (unpaired) electrons. The number of carbonyl (C=O) groups is 2. The highest BCUT2D eigenvalue weighted by atomic mass is 32.2. The number of nitrogens with one attached hydrogen (secondary N) is 1. The molecule has 46 heavy (non-hydrogen) atoms. The molecule has 10 heteroatoms. The van der Waals surface area contributed by atoms with E-state index in [1.807, 2.05) is 82.3 Å². The molecule has 1 atom stereocenters. The number of rotatable bonds is 12. The molecule has 0 saturated heterocycles. The van der Waals surface area contributed by atoms with Crippen LogP contribution in [0, 0.1) is 12.7 Å². The predicted octanol–water partition coefficient (Wildman–Crippen LogP) is 5.89. The Morgan fingerprint density at radius 1 is 0.870 bits per heavy atom. The monoisotopic (exact) mass is 645 g/mol. The lowest BCUT2D eigenvalue weighted by atomic mass is 10.0. The van der Waals surface area contributed by atoms with E-state index in [-0.39, 0.29) is 29.5 Å². The maximum absolute atomic E-state index is 14.5. The van der Waals surface area contributed by atoms with Crippen molar-refractivity contribution in [3.05, 3.63) is 126 Å². The maximum Gasteiger partial charge on any atom is 0.264 e. The van der Waals surface area contributed by atoms with Gasteiger partial charge in [-0.2, -0.15) is 0 Å². The van der Waals surface area contributed by atoms with E-state index in [1.165, 1.54) is 48.4 Å². The van der Waals surface area contributed by atoms with Gasteiger partial charge in [0, 0.05) is 18.5 Å².